The summed E-state index contributed by atoms with van der Waals surface area (Å²) in [4.78, 5) is 15.1. The highest BCUT2D eigenvalue weighted by Gasteiger charge is 2.27. The number of piperidine rings is 1. The van der Waals surface area contributed by atoms with Crippen LogP contribution in [0.2, 0.25) is 0 Å². The van der Waals surface area contributed by atoms with Crippen molar-refractivity contribution in [3.8, 4) is 22.6 Å². The van der Waals surface area contributed by atoms with Crippen molar-refractivity contribution in [1.29, 1.82) is 0 Å². The summed E-state index contributed by atoms with van der Waals surface area (Å²) in [5.74, 6) is 1.69. The number of nitrogens with one attached hydrogen (secondary N) is 2. The first kappa shape index (κ1) is 21.3. The topological polar surface area (TPSA) is 101 Å². The van der Waals surface area contributed by atoms with Gasteiger partial charge < -0.3 is 19.9 Å². The number of nitrogens with zero attached hydrogens (tertiary/aromatic N) is 7. The zero-order chi connectivity index (χ0) is 23.2. The summed E-state index contributed by atoms with van der Waals surface area (Å²) in [6.45, 7) is 10.7. The third kappa shape index (κ3) is 3.48. The second kappa shape index (κ2) is 8.52. The van der Waals surface area contributed by atoms with Crippen LogP contribution in [0.5, 0.6) is 0 Å². The van der Waals surface area contributed by atoms with Crippen LogP contribution in [0.15, 0.2) is 24.7 Å². The standard InChI is InChI=1S/C24H31N9O/c1-15-14-34-11-10-31(15)21-12-20(33-24(29-21)19(13-28-33)23-26-8-9-27-23)22-16(2)30-32(17(22)3)18-4-6-25-7-5-18/h8-9,12-13,15,18,25H,4-7,10-11,14H2,1-3H3,(H,26,27)/t15-/m1/s1. The van der Waals surface area contributed by atoms with E-state index in [1.807, 2.05) is 16.9 Å². The van der Waals surface area contributed by atoms with Gasteiger partial charge in [0.15, 0.2) is 5.65 Å². The van der Waals surface area contributed by atoms with Gasteiger partial charge in [-0.3, -0.25) is 4.68 Å². The summed E-state index contributed by atoms with van der Waals surface area (Å²) >= 11 is 0. The molecule has 6 rings (SSSR count). The molecule has 0 saturated carbocycles. The lowest BCUT2D eigenvalue weighted by molar-refractivity contribution is 0.0985. The average Bonchev–Trinajstić information content (AvgIpc) is 3.58. The Hall–Kier alpha value is -3.24. The van der Waals surface area contributed by atoms with Crippen LogP contribution in [0.25, 0.3) is 28.3 Å². The molecule has 2 aliphatic rings. The van der Waals surface area contributed by atoms with Crippen LogP contribution in [0.4, 0.5) is 5.82 Å². The van der Waals surface area contributed by atoms with Gasteiger partial charge in [-0.05, 0) is 46.7 Å². The maximum Gasteiger partial charge on any atom is 0.169 e. The van der Waals surface area contributed by atoms with E-state index in [1.165, 1.54) is 5.69 Å². The molecule has 1 atom stereocenters. The van der Waals surface area contributed by atoms with Gasteiger partial charge in [0, 0.05) is 36.3 Å². The molecule has 0 spiro atoms. The van der Waals surface area contributed by atoms with Gasteiger partial charge >= 0.3 is 0 Å². The van der Waals surface area contributed by atoms with Crippen LogP contribution < -0.4 is 10.2 Å². The fourth-order valence-electron chi connectivity index (χ4n) is 5.36. The molecular weight excluding hydrogens is 430 g/mol. The molecule has 6 heterocycles. The number of fused-ring (bicyclic) bond motifs is 1. The van der Waals surface area contributed by atoms with Gasteiger partial charge in [0.2, 0.25) is 0 Å². The average molecular weight is 462 g/mol. The second-order valence-electron chi connectivity index (χ2n) is 9.32. The highest BCUT2D eigenvalue weighted by atomic mass is 16.5. The Kier molecular flexibility index (Phi) is 5.34. The number of rotatable bonds is 4. The Balaban J connectivity index is 1.55. The number of ether oxygens (including phenoxy) is 1. The van der Waals surface area contributed by atoms with Crippen LogP contribution >= 0.6 is 0 Å². The third-order valence-electron chi connectivity index (χ3n) is 7.11. The molecule has 4 aromatic rings. The summed E-state index contributed by atoms with van der Waals surface area (Å²) in [6, 6.07) is 2.82. The van der Waals surface area contributed by atoms with E-state index in [9.17, 15) is 0 Å². The molecule has 2 fully saturated rings. The van der Waals surface area contributed by atoms with E-state index < -0.39 is 0 Å². The summed E-state index contributed by atoms with van der Waals surface area (Å²) in [6.07, 6.45) is 7.61. The Morgan fingerprint density at radius 2 is 2.03 bits per heavy atom. The molecule has 2 aliphatic heterocycles. The SMILES string of the molecule is Cc1nn(C2CCNCC2)c(C)c1-c1cc(N2CCOC[C@H]2C)nc2c(-c3ncc[nH]3)cnn12. The minimum absolute atomic E-state index is 0.242. The van der Waals surface area contributed by atoms with Gasteiger partial charge in [-0.25, -0.2) is 14.5 Å². The molecule has 0 radical (unpaired) electrons. The predicted molar refractivity (Wildman–Crippen MR) is 130 cm³/mol. The van der Waals surface area contributed by atoms with Gasteiger partial charge in [0.05, 0.1) is 48.4 Å². The number of hydrogen-bond donors (Lipinski definition) is 2. The Morgan fingerprint density at radius 1 is 1.18 bits per heavy atom. The first-order chi connectivity index (χ1) is 16.6. The lowest BCUT2D eigenvalue weighted by Gasteiger charge is -2.34. The summed E-state index contributed by atoms with van der Waals surface area (Å²) < 4.78 is 9.86. The molecule has 0 aliphatic carbocycles. The smallest absolute Gasteiger partial charge is 0.169 e. The van der Waals surface area contributed by atoms with Crippen LogP contribution in [-0.4, -0.2) is 73.2 Å². The largest absolute Gasteiger partial charge is 0.377 e. The van der Waals surface area contributed by atoms with Crippen LogP contribution in [0.1, 0.15) is 37.2 Å². The maximum atomic E-state index is 5.69. The molecule has 0 amide bonds. The minimum atomic E-state index is 0.242. The van der Waals surface area contributed by atoms with Crippen molar-refractivity contribution < 1.29 is 4.74 Å². The van der Waals surface area contributed by atoms with Gasteiger partial charge in [-0.15, -0.1) is 0 Å². The van der Waals surface area contributed by atoms with Crippen LogP contribution in [0, 0.1) is 13.8 Å². The fraction of sp³-hybridized carbons (Fsp3) is 0.500. The van der Waals surface area contributed by atoms with Crippen LogP contribution in [0.3, 0.4) is 0 Å². The molecule has 4 aromatic heterocycles. The van der Waals surface area contributed by atoms with Crippen molar-refractivity contribution in [3.05, 3.63) is 36.0 Å². The molecule has 178 valence electrons. The number of aromatic amines is 1. The first-order valence-corrected chi connectivity index (χ1v) is 12.1. The molecule has 2 saturated heterocycles. The number of hydrogen-bond acceptors (Lipinski definition) is 7. The van der Waals surface area contributed by atoms with E-state index in [1.54, 1.807) is 6.20 Å². The van der Waals surface area contributed by atoms with E-state index >= 15 is 0 Å². The number of H-pyrrole nitrogens is 1. The first-order valence-electron chi connectivity index (χ1n) is 12.1. The Labute approximate surface area is 198 Å². The molecule has 34 heavy (non-hydrogen) atoms. The van der Waals surface area contributed by atoms with Crippen LogP contribution in [-0.2, 0) is 4.74 Å². The Morgan fingerprint density at radius 3 is 2.79 bits per heavy atom. The molecule has 0 aromatic carbocycles. The molecule has 0 unspecified atom stereocenters. The van der Waals surface area contributed by atoms with E-state index in [-0.39, 0.29) is 6.04 Å². The number of aromatic nitrogens is 7. The highest BCUT2D eigenvalue weighted by molar-refractivity contribution is 5.79. The molecule has 2 N–H and O–H groups in total. The zero-order valence-corrected chi connectivity index (χ0v) is 20.0. The number of imidazole rings is 1. The van der Waals surface area contributed by atoms with Gasteiger partial charge in [-0.1, -0.05) is 0 Å². The highest BCUT2D eigenvalue weighted by Crippen LogP contribution is 2.35. The number of aryl methyl sites for hydroxylation is 1. The fourth-order valence-corrected chi connectivity index (χ4v) is 5.36. The molecule has 10 heteroatoms. The molecule has 0 bridgehead atoms. The lowest BCUT2D eigenvalue weighted by atomic mass is 10.1. The summed E-state index contributed by atoms with van der Waals surface area (Å²) in [5, 5.41) is 13.2. The lowest BCUT2D eigenvalue weighted by Crippen LogP contribution is -2.44. The van der Waals surface area contributed by atoms with Crippen molar-refractivity contribution >= 4 is 11.5 Å². The number of anilines is 1. The van der Waals surface area contributed by atoms with Crippen molar-refractivity contribution in [2.75, 3.05) is 37.7 Å². The van der Waals surface area contributed by atoms with E-state index in [0.29, 0.717) is 19.3 Å². The predicted octanol–water partition coefficient (Wildman–Crippen LogP) is 2.75. The van der Waals surface area contributed by atoms with Crippen molar-refractivity contribution in [2.24, 2.45) is 0 Å². The number of morpholine rings is 1. The third-order valence-corrected chi connectivity index (χ3v) is 7.11. The molecule has 10 nitrogen and oxygen atoms in total. The normalized spacial score (nSPS) is 19.9. The second-order valence-corrected chi connectivity index (χ2v) is 9.32. The summed E-state index contributed by atoms with van der Waals surface area (Å²) in [7, 11) is 0. The Bertz CT molecular complexity index is 1300. The van der Waals surface area contributed by atoms with E-state index in [4.69, 9.17) is 19.9 Å². The van der Waals surface area contributed by atoms with Gasteiger partial charge in [-0.2, -0.15) is 10.2 Å². The minimum Gasteiger partial charge on any atom is -0.377 e. The van der Waals surface area contributed by atoms with Gasteiger partial charge in [0.25, 0.3) is 0 Å². The summed E-state index contributed by atoms with van der Waals surface area (Å²) in [5.41, 5.74) is 5.99. The van der Waals surface area contributed by atoms with E-state index in [0.717, 1.165) is 72.3 Å². The van der Waals surface area contributed by atoms with Gasteiger partial charge in [0.1, 0.15) is 11.6 Å². The zero-order valence-electron chi connectivity index (χ0n) is 20.0. The van der Waals surface area contributed by atoms with E-state index in [2.05, 4.69) is 51.7 Å². The molecular formula is C24H31N9O. The van der Waals surface area contributed by atoms with Crippen molar-refractivity contribution in [3.63, 3.8) is 0 Å². The quantitative estimate of drug-likeness (QED) is 0.482. The van der Waals surface area contributed by atoms with Crippen molar-refractivity contribution in [2.45, 2.75) is 45.7 Å². The van der Waals surface area contributed by atoms with Crippen molar-refractivity contribution in [1.82, 2.24) is 39.7 Å². The monoisotopic (exact) mass is 461 g/mol. The maximum absolute atomic E-state index is 5.69.